The molecule has 0 amide bonds. The van der Waals surface area contributed by atoms with Gasteiger partial charge in [-0.3, -0.25) is 0 Å². The Labute approximate surface area is 132 Å². The maximum Gasteiger partial charge on any atom is 0.144 e. The Morgan fingerprint density at radius 1 is 1.18 bits per heavy atom. The highest BCUT2D eigenvalue weighted by Crippen LogP contribution is 2.34. The molecule has 3 heteroatoms. The lowest BCUT2D eigenvalue weighted by molar-refractivity contribution is 0.798. The van der Waals surface area contributed by atoms with Crippen LogP contribution in [0.2, 0.25) is 0 Å². The van der Waals surface area contributed by atoms with Crippen LogP contribution in [0.5, 0.6) is 0 Å². The van der Waals surface area contributed by atoms with Crippen molar-refractivity contribution in [3.63, 3.8) is 0 Å². The number of nitrogens with one attached hydrogen (secondary N) is 1. The van der Waals surface area contributed by atoms with Crippen LogP contribution in [0, 0.1) is 11.3 Å². The third-order valence-electron chi connectivity index (χ3n) is 4.26. The second kappa shape index (κ2) is 6.19. The Hall–Kier alpha value is -2.34. The number of nitrogens with zero attached hydrogens (tertiary/aromatic N) is 2. The number of anilines is 1. The van der Waals surface area contributed by atoms with Gasteiger partial charge in [0.1, 0.15) is 11.9 Å². The van der Waals surface area contributed by atoms with E-state index in [4.69, 9.17) is 4.98 Å². The second-order valence-electron chi connectivity index (χ2n) is 6.14. The summed E-state index contributed by atoms with van der Waals surface area (Å²) in [5.41, 5.74) is 5.63. The number of fused-ring (bicyclic) bond motifs is 1. The standard InChI is InChI=1S/C19H21N3/c1-13(2)18-16-10-6-9-15(16)17(11-20)19(22-18)21-12-14-7-4-3-5-8-14/h3-5,7-8,13H,6,9-10,12H2,1-2H3,(H,21,22). The molecule has 1 heterocycles. The molecule has 3 nitrogen and oxygen atoms in total. The molecular formula is C19H21N3. The fourth-order valence-electron chi connectivity index (χ4n) is 3.20. The summed E-state index contributed by atoms with van der Waals surface area (Å²) in [4.78, 5) is 4.80. The van der Waals surface area contributed by atoms with Crippen LogP contribution in [0.1, 0.15) is 54.1 Å². The van der Waals surface area contributed by atoms with E-state index in [2.05, 4.69) is 37.4 Å². The Bertz CT molecular complexity index is 712. The van der Waals surface area contributed by atoms with Crippen molar-refractivity contribution in [2.45, 2.75) is 45.6 Å². The molecule has 3 rings (SSSR count). The van der Waals surface area contributed by atoms with Crippen molar-refractivity contribution in [2.75, 3.05) is 5.32 Å². The van der Waals surface area contributed by atoms with Gasteiger partial charge in [-0.25, -0.2) is 4.98 Å². The van der Waals surface area contributed by atoms with Crippen molar-refractivity contribution >= 4 is 5.82 Å². The van der Waals surface area contributed by atoms with E-state index in [1.807, 2.05) is 18.2 Å². The molecule has 1 aromatic carbocycles. The normalized spacial score (nSPS) is 13.0. The van der Waals surface area contributed by atoms with E-state index in [1.54, 1.807) is 0 Å². The van der Waals surface area contributed by atoms with Gasteiger partial charge >= 0.3 is 0 Å². The third-order valence-corrected chi connectivity index (χ3v) is 4.26. The van der Waals surface area contributed by atoms with Gasteiger partial charge in [-0.05, 0) is 41.9 Å². The number of hydrogen-bond acceptors (Lipinski definition) is 3. The van der Waals surface area contributed by atoms with Crippen molar-refractivity contribution in [2.24, 2.45) is 0 Å². The first-order chi connectivity index (χ1) is 10.7. The highest BCUT2D eigenvalue weighted by molar-refractivity contribution is 5.61. The lowest BCUT2D eigenvalue weighted by atomic mass is 9.97. The SMILES string of the molecule is CC(C)c1nc(NCc2ccccc2)c(C#N)c2c1CCC2. The lowest BCUT2D eigenvalue weighted by Crippen LogP contribution is -2.10. The Morgan fingerprint density at radius 3 is 2.59 bits per heavy atom. The summed E-state index contributed by atoms with van der Waals surface area (Å²) in [6, 6.07) is 12.6. The zero-order valence-corrected chi connectivity index (χ0v) is 13.2. The molecule has 2 aromatic rings. The number of nitriles is 1. The first-order valence-corrected chi connectivity index (χ1v) is 7.94. The summed E-state index contributed by atoms with van der Waals surface area (Å²) in [7, 11) is 0. The van der Waals surface area contributed by atoms with E-state index >= 15 is 0 Å². The van der Waals surface area contributed by atoms with E-state index in [9.17, 15) is 5.26 Å². The molecule has 0 spiro atoms. The molecule has 0 unspecified atom stereocenters. The van der Waals surface area contributed by atoms with Crippen LogP contribution in [0.4, 0.5) is 5.82 Å². The molecule has 0 bridgehead atoms. The van der Waals surface area contributed by atoms with Crippen molar-refractivity contribution in [3.05, 3.63) is 58.3 Å². The highest BCUT2D eigenvalue weighted by Gasteiger charge is 2.24. The van der Waals surface area contributed by atoms with Gasteiger partial charge in [-0.1, -0.05) is 44.2 Å². The van der Waals surface area contributed by atoms with E-state index in [1.165, 1.54) is 16.7 Å². The molecule has 0 aliphatic heterocycles. The smallest absolute Gasteiger partial charge is 0.144 e. The van der Waals surface area contributed by atoms with Crippen LogP contribution in [0.25, 0.3) is 0 Å². The fraction of sp³-hybridized carbons (Fsp3) is 0.368. The number of hydrogen-bond donors (Lipinski definition) is 1. The predicted octanol–water partition coefficient (Wildman–Crippen LogP) is 4.18. The minimum absolute atomic E-state index is 0.386. The average Bonchev–Trinajstić information content (AvgIpc) is 3.01. The number of rotatable bonds is 4. The van der Waals surface area contributed by atoms with Gasteiger partial charge in [-0.15, -0.1) is 0 Å². The number of benzene rings is 1. The summed E-state index contributed by atoms with van der Waals surface area (Å²) in [6.45, 7) is 5.04. The first kappa shape index (κ1) is 14.6. The highest BCUT2D eigenvalue weighted by atomic mass is 15.0. The molecular weight excluding hydrogens is 270 g/mol. The van der Waals surface area contributed by atoms with E-state index in [-0.39, 0.29) is 0 Å². The van der Waals surface area contributed by atoms with Crippen LogP contribution in [-0.2, 0) is 19.4 Å². The van der Waals surface area contributed by atoms with Crippen molar-refractivity contribution in [1.82, 2.24) is 4.98 Å². The van der Waals surface area contributed by atoms with Crippen LogP contribution < -0.4 is 5.32 Å². The summed E-state index contributed by atoms with van der Waals surface area (Å²) in [6.07, 6.45) is 3.19. The molecule has 0 fully saturated rings. The van der Waals surface area contributed by atoms with Crippen LogP contribution >= 0.6 is 0 Å². The molecule has 1 aromatic heterocycles. The van der Waals surface area contributed by atoms with Gasteiger partial charge in [0.15, 0.2) is 0 Å². The average molecular weight is 291 g/mol. The summed E-state index contributed by atoms with van der Waals surface area (Å²) < 4.78 is 0. The molecule has 0 atom stereocenters. The van der Waals surface area contributed by atoms with Gasteiger partial charge in [0, 0.05) is 12.2 Å². The maximum absolute atomic E-state index is 9.58. The topological polar surface area (TPSA) is 48.7 Å². The van der Waals surface area contributed by atoms with Crippen LogP contribution in [-0.4, -0.2) is 4.98 Å². The number of aromatic nitrogens is 1. The Balaban J connectivity index is 1.96. The van der Waals surface area contributed by atoms with E-state index in [0.29, 0.717) is 12.5 Å². The van der Waals surface area contributed by atoms with Gasteiger partial charge < -0.3 is 5.32 Å². The van der Waals surface area contributed by atoms with Gasteiger partial charge in [0.25, 0.3) is 0 Å². The lowest BCUT2D eigenvalue weighted by Gasteiger charge is -2.17. The maximum atomic E-state index is 9.58. The zero-order chi connectivity index (χ0) is 15.5. The minimum atomic E-state index is 0.386. The van der Waals surface area contributed by atoms with Crippen LogP contribution in [0.15, 0.2) is 30.3 Å². The largest absolute Gasteiger partial charge is 0.365 e. The molecule has 22 heavy (non-hydrogen) atoms. The van der Waals surface area contributed by atoms with E-state index < -0.39 is 0 Å². The summed E-state index contributed by atoms with van der Waals surface area (Å²) >= 11 is 0. The monoisotopic (exact) mass is 291 g/mol. The minimum Gasteiger partial charge on any atom is -0.365 e. The predicted molar refractivity (Wildman–Crippen MR) is 88.8 cm³/mol. The van der Waals surface area contributed by atoms with E-state index in [0.717, 1.165) is 36.3 Å². The first-order valence-electron chi connectivity index (χ1n) is 7.94. The molecule has 0 radical (unpaired) electrons. The van der Waals surface area contributed by atoms with Gasteiger partial charge in [0.2, 0.25) is 0 Å². The molecule has 1 aliphatic carbocycles. The fourth-order valence-corrected chi connectivity index (χ4v) is 3.20. The summed E-state index contributed by atoms with van der Waals surface area (Å²) in [5.74, 6) is 1.13. The molecule has 0 saturated heterocycles. The van der Waals surface area contributed by atoms with Gasteiger partial charge in [0.05, 0.1) is 5.56 Å². The van der Waals surface area contributed by atoms with Crippen molar-refractivity contribution in [1.29, 1.82) is 5.26 Å². The molecule has 112 valence electrons. The zero-order valence-electron chi connectivity index (χ0n) is 13.2. The van der Waals surface area contributed by atoms with Crippen molar-refractivity contribution < 1.29 is 0 Å². The molecule has 1 aliphatic rings. The molecule has 1 N–H and O–H groups in total. The third kappa shape index (κ3) is 2.69. The second-order valence-corrected chi connectivity index (χ2v) is 6.14. The summed E-state index contributed by atoms with van der Waals surface area (Å²) in [5, 5.41) is 13.0. The van der Waals surface area contributed by atoms with Crippen LogP contribution in [0.3, 0.4) is 0 Å². The Morgan fingerprint density at radius 2 is 1.91 bits per heavy atom. The number of pyridine rings is 1. The Kier molecular flexibility index (Phi) is 4.11. The quantitative estimate of drug-likeness (QED) is 0.919. The van der Waals surface area contributed by atoms with Crippen molar-refractivity contribution in [3.8, 4) is 6.07 Å². The van der Waals surface area contributed by atoms with Gasteiger partial charge in [-0.2, -0.15) is 5.26 Å². The molecule has 0 saturated carbocycles.